The van der Waals surface area contributed by atoms with Crippen LogP contribution in [0.1, 0.15) is 0 Å². The molecule has 2 heterocycles. The molecule has 7 heteroatoms. The smallest absolute Gasteiger partial charge is 0.284 e. The molecule has 19 heavy (non-hydrogen) atoms. The molecule has 3 radical (unpaired) electrons. The molecule has 89 valence electrons. The minimum Gasteiger partial charge on any atom is -0.379 e. The van der Waals surface area contributed by atoms with Gasteiger partial charge in [-0.3, -0.25) is 0 Å². The summed E-state index contributed by atoms with van der Waals surface area (Å²) in [6.45, 7) is 0. The Hall–Kier alpha value is -1.69. The zero-order valence-electron chi connectivity index (χ0n) is 10.4. The summed E-state index contributed by atoms with van der Waals surface area (Å²) in [4.78, 5) is 3.38. The average Bonchev–Trinajstić information content (AvgIpc) is 2.88. The second-order valence-corrected chi connectivity index (χ2v) is 4.15. The highest BCUT2D eigenvalue weighted by Crippen LogP contribution is 2.24. The van der Waals surface area contributed by atoms with Gasteiger partial charge in [0.2, 0.25) is 0 Å². The molecule has 1 aliphatic heterocycles. The first kappa shape index (κ1) is 12.4. The Bertz CT molecular complexity index is 604. The highest BCUT2D eigenvalue weighted by molar-refractivity contribution is 6.65. The zero-order chi connectivity index (χ0) is 12.9. The third-order valence-corrected chi connectivity index (χ3v) is 2.91. The van der Waals surface area contributed by atoms with Crippen LogP contribution in [0.15, 0.2) is 48.5 Å². The molecule has 2 aromatic carbocycles. The summed E-state index contributed by atoms with van der Waals surface area (Å²) in [6, 6.07) is 16.8. The molecule has 1 aliphatic rings. The molecule has 1 saturated heterocycles. The number of hydrogen-bond donors (Lipinski definition) is 4. The van der Waals surface area contributed by atoms with Gasteiger partial charge in [0.1, 0.15) is 0 Å². The quantitative estimate of drug-likeness (QED) is 0.440. The van der Waals surface area contributed by atoms with Crippen LogP contribution in [0.4, 0.5) is 0 Å². The van der Waals surface area contributed by atoms with E-state index in [2.05, 4.69) is 68.9 Å². The van der Waals surface area contributed by atoms with E-state index in [4.69, 9.17) is 0 Å². The molecule has 0 spiro atoms. The summed E-state index contributed by atoms with van der Waals surface area (Å²) in [6.07, 6.45) is 0. The van der Waals surface area contributed by atoms with Crippen LogP contribution in [0.2, 0.25) is 0 Å². The van der Waals surface area contributed by atoms with Crippen LogP contribution < -0.4 is 15.4 Å². The summed E-state index contributed by atoms with van der Waals surface area (Å²) in [5, 5.41) is 11.0. The van der Waals surface area contributed by atoms with Crippen LogP contribution in [0, 0.1) is 0 Å². The Labute approximate surface area is 114 Å². The molecule has 0 aliphatic carbocycles. The van der Waals surface area contributed by atoms with Crippen molar-refractivity contribution < 1.29 is 0 Å². The number of hydrogen-bond acceptors (Lipinski definition) is 3. The molecule has 0 bridgehead atoms. The predicted molar refractivity (Wildman–Crippen MR) is 82.5 cm³/mol. The first-order chi connectivity index (χ1) is 9.45. The van der Waals surface area contributed by atoms with Crippen LogP contribution in [0.5, 0.6) is 0 Å². The van der Waals surface area contributed by atoms with Crippen molar-refractivity contribution in [2.45, 2.75) is 0 Å². The standard InChI is InChI=1S/C12H9N.B3H3N3/c1-3-7-11-9(5-1)10-6-2-4-8-12(10)13-11;1-4-2-6-3-5-1/h1-8,13H;4-6H. The predicted octanol–water partition coefficient (Wildman–Crippen LogP) is 0.692. The van der Waals surface area contributed by atoms with Gasteiger partial charge in [-0.2, -0.15) is 0 Å². The van der Waals surface area contributed by atoms with Crippen LogP contribution in [-0.4, -0.2) is 27.6 Å². The van der Waals surface area contributed by atoms with Crippen molar-refractivity contribution >= 4 is 44.5 Å². The van der Waals surface area contributed by atoms with E-state index in [1.54, 1.807) is 22.6 Å². The van der Waals surface area contributed by atoms with Gasteiger partial charge < -0.3 is 20.4 Å². The summed E-state index contributed by atoms with van der Waals surface area (Å²) in [7, 11) is 5.16. The van der Waals surface area contributed by atoms with Crippen molar-refractivity contribution in [1.82, 2.24) is 20.4 Å². The van der Waals surface area contributed by atoms with Crippen molar-refractivity contribution in [3.05, 3.63) is 48.5 Å². The lowest BCUT2D eigenvalue weighted by Gasteiger charge is -2.07. The van der Waals surface area contributed by atoms with Gasteiger partial charge in [-0.05, 0) is 12.1 Å². The first-order valence-corrected chi connectivity index (χ1v) is 6.14. The first-order valence-electron chi connectivity index (χ1n) is 6.14. The number of rotatable bonds is 0. The maximum Gasteiger partial charge on any atom is 0.284 e. The number of fused-ring (bicyclic) bond motifs is 3. The number of H-pyrrole nitrogens is 1. The second kappa shape index (κ2) is 5.97. The lowest BCUT2D eigenvalue weighted by Crippen LogP contribution is -2.55. The Morgan fingerprint density at radius 2 is 1.00 bits per heavy atom. The number of benzene rings is 2. The van der Waals surface area contributed by atoms with E-state index in [0.717, 1.165) is 0 Å². The normalized spacial score (nSPS) is 13.9. The number of para-hydroxylation sites is 2. The third kappa shape index (κ3) is 2.84. The van der Waals surface area contributed by atoms with Gasteiger partial charge in [0, 0.05) is 21.8 Å². The lowest BCUT2D eigenvalue weighted by molar-refractivity contribution is 1.28. The van der Waals surface area contributed by atoms with E-state index < -0.39 is 0 Å². The van der Waals surface area contributed by atoms with E-state index in [1.165, 1.54) is 21.8 Å². The number of aromatic amines is 1. The minimum atomic E-state index is 1.21. The second-order valence-electron chi connectivity index (χ2n) is 4.15. The maximum absolute atomic E-state index is 3.38. The van der Waals surface area contributed by atoms with Crippen LogP contribution in [0.3, 0.4) is 0 Å². The monoisotopic (exact) mass is 245 g/mol. The van der Waals surface area contributed by atoms with Crippen molar-refractivity contribution in [3.8, 4) is 0 Å². The molecular formula is C12H12B3N4. The van der Waals surface area contributed by atoms with Gasteiger partial charge in [-0.1, -0.05) is 36.4 Å². The zero-order valence-corrected chi connectivity index (χ0v) is 10.4. The third-order valence-electron chi connectivity index (χ3n) is 2.91. The highest BCUT2D eigenvalue weighted by Gasteiger charge is 2.00. The number of aromatic nitrogens is 1. The molecule has 0 unspecified atom stereocenters. The summed E-state index contributed by atoms with van der Waals surface area (Å²) >= 11 is 0. The largest absolute Gasteiger partial charge is 0.379 e. The van der Waals surface area contributed by atoms with Crippen LogP contribution in [-0.2, 0) is 0 Å². The summed E-state index contributed by atoms with van der Waals surface area (Å²) < 4.78 is 0. The topological polar surface area (TPSA) is 51.9 Å². The van der Waals surface area contributed by atoms with Gasteiger partial charge >= 0.3 is 0 Å². The van der Waals surface area contributed by atoms with Gasteiger partial charge in [-0.25, -0.2) is 0 Å². The van der Waals surface area contributed by atoms with E-state index in [-0.39, 0.29) is 0 Å². The molecule has 0 atom stereocenters. The number of nitrogens with one attached hydrogen (secondary N) is 4. The SMILES string of the molecule is [B]1N[B]N[B]N1.c1ccc2c(c1)[nH]c1ccccc12. The van der Waals surface area contributed by atoms with Gasteiger partial charge in [0.25, 0.3) is 22.6 Å². The van der Waals surface area contributed by atoms with Crippen LogP contribution >= 0.6 is 0 Å². The van der Waals surface area contributed by atoms with Gasteiger partial charge in [0.05, 0.1) is 0 Å². The molecule has 4 N–H and O–H groups in total. The summed E-state index contributed by atoms with van der Waals surface area (Å²) in [5.74, 6) is 0. The Kier molecular flexibility index (Phi) is 3.88. The van der Waals surface area contributed by atoms with E-state index >= 15 is 0 Å². The Balaban J connectivity index is 0.000000155. The Morgan fingerprint density at radius 1 is 0.579 bits per heavy atom. The molecule has 3 aromatic rings. The molecular weight excluding hydrogens is 233 g/mol. The van der Waals surface area contributed by atoms with Crippen molar-refractivity contribution in [2.24, 2.45) is 0 Å². The van der Waals surface area contributed by atoms with Crippen molar-refractivity contribution in [1.29, 1.82) is 0 Å². The average molecular weight is 245 g/mol. The fourth-order valence-corrected chi connectivity index (χ4v) is 2.07. The van der Waals surface area contributed by atoms with E-state index in [1.807, 2.05) is 0 Å². The summed E-state index contributed by atoms with van der Waals surface area (Å²) in [5.41, 5.74) is 2.42. The van der Waals surface area contributed by atoms with Gasteiger partial charge in [0.15, 0.2) is 0 Å². The van der Waals surface area contributed by atoms with Crippen LogP contribution in [0.25, 0.3) is 21.8 Å². The minimum absolute atomic E-state index is 1.21. The van der Waals surface area contributed by atoms with Crippen molar-refractivity contribution in [2.75, 3.05) is 0 Å². The molecule has 0 amide bonds. The highest BCUT2D eigenvalue weighted by atomic mass is 15.0. The molecule has 4 rings (SSSR count). The molecule has 1 aromatic heterocycles. The lowest BCUT2D eigenvalue weighted by atomic mass is 9.85. The van der Waals surface area contributed by atoms with Gasteiger partial charge in [-0.15, -0.1) is 0 Å². The van der Waals surface area contributed by atoms with E-state index in [0.29, 0.717) is 0 Å². The maximum atomic E-state index is 3.38. The fraction of sp³-hybridized carbons (Fsp3) is 0. The molecule has 0 saturated carbocycles. The fourth-order valence-electron chi connectivity index (χ4n) is 2.07. The molecule has 1 fully saturated rings. The molecule has 4 nitrogen and oxygen atoms in total. The van der Waals surface area contributed by atoms with Crippen molar-refractivity contribution in [3.63, 3.8) is 0 Å². The Morgan fingerprint density at radius 3 is 1.42 bits per heavy atom. The van der Waals surface area contributed by atoms with E-state index in [9.17, 15) is 0 Å².